The fourth-order valence-electron chi connectivity index (χ4n) is 2.37. The molecule has 1 aliphatic carbocycles. The fourth-order valence-corrected chi connectivity index (χ4v) is 2.37. The average Bonchev–Trinajstić information content (AvgIpc) is 2.49. The molecule has 0 unspecified atom stereocenters. The number of benzene rings is 1. The molecule has 0 aromatic heterocycles. The Hall–Kier alpha value is -1.91. The molecule has 0 bridgehead atoms. The minimum absolute atomic E-state index is 0.000129. The molecule has 1 aromatic rings. The van der Waals surface area contributed by atoms with Crippen molar-refractivity contribution in [3.05, 3.63) is 41.5 Å². The number of halogens is 2. The summed E-state index contributed by atoms with van der Waals surface area (Å²) in [4.78, 5) is 11.6. The Labute approximate surface area is 123 Å². The van der Waals surface area contributed by atoms with Crippen molar-refractivity contribution in [3.8, 4) is 0 Å². The number of carbonyl (C=O) groups is 1. The summed E-state index contributed by atoms with van der Waals surface area (Å²) in [5, 5.41) is 5.38. The van der Waals surface area contributed by atoms with Crippen molar-refractivity contribution in [2.24, 2.45) is 0 Å². The molecular formula is C16H20F2N2O. The highest BCUT2D eigenvalue weighted by Gasteiger charge is 2.07. The zero-order valence-electron chi connectivity index (χ0n) is 11.9. The Balaban J connectivity index is 1.69. The summed E-state index contributed by atoms with van der Waals surface area (Å²) >= 11 is 0. The minimum Gasteiger partial charge on any atom is -0.374 e. The van der Waals surface area contributed by atoms with Crippen LogP contribution in [-0.2, 0) is 4.79 Å². The van der Waals surface area contributed by atoms with Gasteiger partial charge in [-0.2, -0.15) is 0 Å². The largest absolute Gasteiger partial charge is 0.374 e. The Morgan fingerprint density at radius 2 is 2.10 bits per heavy atom. The molecule has 114 valence electrons. The molecule has 0 aliphatic heterocycles. The lowest BCUT2D eigenvalue weighted by Crippen LogP contribution is -2.31. The molecule has 0 radical (unpaired) electrons. The van der Waals surface area contributed by atoms with E-state index in [2.05, 4.69) is 16.7 Å². The van der Waals surface area contributed by atoms with Gasteiger partial charge in [-0.3, -0.25) is 4.79 Å². The van der Waals surface area contributed by atoms with Crippen molar-refractivity contribution in [2.75, 3.05) is 18.4 Å². The van der Waals surface area contributed by atoms with Gasteiger partial charge in [0.15, 0.2) is 0 Å². The average molecular weight is 294 g/mol. The molecule has 0 saturated heterocycles. The van der Waals surface area contributed by atoms with Gasteiger partial charge in [0.25, 0.3) is 0 Å². The van der Waals surface area contributed by atoms with E-state index in [9.17, 15) is 13.6 Å². The fraction of sp³-hybridized carbons (Fsp3) is 0.438. The van der Waals surface area contributed by atoms with Gasteiger partial charge in [0.1, 0.15) is 11.6 Å². The topological polar surface area (TPSA) is 41.1 Å². The zero-order valence-corrected chi connectivity index (χ0v) is 11.9. The molecule has 0 heterocycles. The summed E-state index contributed by atoms with van der Waals surface area (Å²) in [5.74, 6) is -1.34. The van der Waals surface area contributed by atoms with Crippen LogP contribution in [0.5, 0.6) is 0 Å². The minimum atomic E-state index is -0.573. The second kappa shape index (κ2) is 7.76. The molecule has 1 amide bonds. The van der Waals surface area contributed by atoms with E-state index < -0.39 is 11.6 Å². The van der Waals surface area contributed by atoms with Gasteiger partial charge in [0.05, 0.1) is 12.2 Å². The molecule has 3 nitrogen and oxygen atoms in total. The van der Waals surface area contributed by atoms with Gasteiger partial charge in [-0.05, 0) is 50.3 Å². The molecule has 0 spiro atoms. The van der Waals surface area contributed by atoms with E-state index in [4.69, 9.17) is 0 Å². The Kier molecular flexibility index (Phi) is 5.72. The molecule has 1 aromatic carbocycles. The van der Waals surface area contributed by atoms with Crippen molar-refractivity contribution in [1.82, 2.24) is 5.32 Å². The van der Waals surface area contributed by atoms with Gasteiger partial charge < -0.3 is 10.6 Å². The van der Waals surface area contributed by atoms with Crippen LogP contribution in [0.1, 0.15) is 32.1 Å². The van der Waals surface area contributed by atoms with E-state index in [1.54, 1.807) is 0 Å². The third-order valence-electron chi connectivity index (χ3n) is 3.52. The number of nitrogens with one attached hydrogen (secondary N) is 2. The first-order valence-electron chi connectivity index (χ1n) is 7.28. The summed E-state index contributed by atoms with van der Waals surface area (Å²) in [6.07, 6.45) is 7.82. The number of amides is 1. The molecule has 0 fully saturated rings. The zero-order chi connectivity index (χ0) is 15.1. The van der Waals surface area contributed by atoms with E-state index in [1.165, 1.54) is 18.4 Å². The van der Waals surface area contributed by atoms with Crippen molar-refractivity contribution in [3.63, 3.8) is 0 Å². The van der Waals surface area contributed by atoms with Gasteiger partial charge in [-0.25, -0.2) is 8.78 Å². The second-order valence-electron chi connectivity index (χ2n) is 5.19. The summed E-state index contributed by atoms with van der Waals surface area (Å²) in [5.41, 5.74) is 1.39. The van der Waals surface area contributed by atoms with Crippen molar-refractivity contribution >= 4 is 11.6 Å². The van der Waals surface area contributed by atoms with Crippen molar-refractivity contribution in [1.29, 1.82) is 0 Å². The predicted molar refractivity (Wildman–Crippen MR) is 79.0 cm³/mol. The van der Waals surface area contributed by atoms with E-state index >= 15 is 0 Å². The first-order chi connectivity index (χ1) is 10.1. The molecule has 21 heavy (non-hydrogen) atoms. The number of rotatable bonds is 6. The maximum atomic E-state index is 13.3. The number of anilines is 1. The van der Waals surface area contributed by atoms with Crippen LogP contribution in [0.2, 0.25) is 0 Å². The van der Waals surface area contributed by atoms with E-state index in [1.807, 2.05) is 0 Å². The van der Waals surface area contributed by atoms with E-state index in [0.29, 0.717) is 6.54 Å². The van der Waals surface area contributed by atoms with Crippen LogP contribution in [0.25, 0.3) is 0 Å². The first-order valence-corrected chi connectivity index (χ1v) is 7.28. The maximum Gasteiger partial charge on any atom is 0.239 e. The Morgan fingerprint density at radius 3 is 2.86 bits per heavy atom. The van der Waals surface area contributed by atoms with Crippen LogP contribution in [-0.4, -0.2) is 19.0 Å². The predicted octanol–water partition coefficient (Wildman–Crippen LogP) is 3.38. The highest BCUT2D eigenvalue weighted by molar-refractivity contribution is 5.80. The first kappa shape index (κ1) is 15.5. The third-order valence-corrected chi connectivity index (χ3v) is 3.52. The third kappa shape index (κ3) is 5.17. The SMILES string of the molecule is O=C(CNc1cc(F)ccc1F)NCCC1=CCCCC1. The van der Waals surface area contributed by atoms with Crippen LogP contribution < -0.4 is 10.6 Å². The lowest BCUT2D eigenvalue weighted by molar-refractivity contribution is -0.119. The summed E-state index contributed by atoms with van der Waals surface area (Å²) in [6, 6.07) is 3.11. The summed E-state index contributed by atoms with van der Waals surface area (Å²) < 4.78 is 26.3. The van der Waals surface area contributed by atoms with E-state index in [-0.39, 0.29) is 18.1 Å². The van der Waals surface area contributed by atoms with E-state index in [0.717, 1.165) is 37.5 Å². The molecule has 0 saturated carbocycles. The number of hydrogen-bond donors (Lipinski definition) is 2. The number of carbonyl (C=O) groups excluding carboxylic acids is 1. The Bertz CT molecular complexity index is 529. The molecular weight excluding hydrogens is 274 g/mol. The van der Waals surface area contributed by atoms with Crippen LogP contribution in [0.4, 0.5) is 14.5 Å². The van der Waals surface area contributed by atoms with Crippen LogP contribution in [0.3, 0.4) is 0 Å². The van der Waals surface area contributed by atoms with Crippen LogP contribution >= 0.6 is 0 Å². The Morgan fingerprint density at radius 1 is 1.24 bits per heavy atom. The standard InChI is InChI=1S/C16H20F2N2O/c17-13-6-7-14(18)15(10-13)20-11-16(21)19-9-8-12-4-2-1-3-5-12/h4,6-7,10,20H,1-3,5,8-9,11H2,(H,19,21). The van der Waals surface area contributed by atoms with Gasteiger partial charge in [-0.15, -0.1) is 0 Å². The summed E-state index contributed by atoms with van der Waals surface area (Å²) in [7, 11) is 0. The second-order valence-corrected chi connectivity index (χ2v) is 5.19. The molecule has 0 atom stereocenters. The molecule has 2 N–H and O–H groups in total. The van der Waals surface area contributed by atoms with Gasteiger partial charge >= 0.3 is 0 Å². The molecule has 5 heteroatoms. The quantitative estimate of drug-likeness (QED) is 0.790. The van der Waals surface area contributed by atoms with Crippen LogP contribution in [0, 0.1) is 11.6 Å². The number of allylic oxidation sites excluding steroid dienone is 1. The highest BCUT2D eigenvalue weighted by atomic mass is 19.1. The molecule has 1 aliphatic rings. The van der Waals surface area contributed by atoms with Crippen molar-refractivity contribution < 1.29 is 13.6 Å². The highest BCUT2D eigenvalue weighted by Crippen LogP contribution is 2.19. The van der Waals surface area contributed by atoms with Gasteiger partial charge in [0, 0.05) is 6.54 Å². The number of hydrogen-bond acceptors (Lipinski definition) is 2. The maximum absolute atomic E-state index is 13.3. The smallest absolute Gasteiger partial charge is 0.239 e. The lowest BCUT2D eigenvalue weighted by Gasteiger charge is -2.13. The lowest BCUT2D eigenvalue weighted by atomic mass is 9.97. The van der Waals surface area contributed by atoms with Gasteiger partial charge in [-0.1, -0.05) is 11.6 Å². The van der Waals surface area contributed by atoms with Crippen molar-refractivity contribution in [2.45, 2.75) is 32.1 Å². The monoisotopic (exact) mass is 294 g/mol. The van der Waals surface area contributed by atoms with Crippen LogP contribution in [0.15, 0.2) is 29.8 Å². The molecule has 2 rings (SSSR count). The normalized spacial score (nSPS) is 14.5. The summed E-state index contributed by atoms with van der Waals surface area (Å²) in [6.45, 7) is 0.511. The van der Waals surface area contributed by atoms with Gasteiger partial charge in [0.2, 0.25) is 5.91 Å².